The molecule has 0 fully saturated rings. The van der Waals surface area contributed by atoms with E-state index in [-0.39, 0.29) is 0 Å². The van der Waals surface area contributed by atoms with E-state index in [1.54, 1.807) is 24.3 Å². The van der Waals surface area contributed by atoms with Gasteiger partial charge in [0.2, 0.25) is 0 Å². The molecule has 2 aromatic rings. The van der Waals surface area contributed by atoms with Gasteiger partial charge in [-0.15, -0.1) is 0 Å². The van der Waals surface area contributed by atoms with Gasteiger partial charge in [0, 0.05) is 5.39 Å². The molecule has 0 bridgehead atoms. The normalized spacial score (nSPS) is 11.6. The summed E-state index contributed by atoms with van der Waals surface area (Å²) in [6.07, 6.45) is -1.16. The van der Waals surface area contributed by atoms with Crippen LogP contribution in [0.5, 0.6) is 5.75 Å². The SMILES string of the molecule is COc1ccc(C(=O)O[C@H](C)C(=O)NC(N)=O)c2ccccc12. The van der Waals surface area contributed by atoms with Crippen LogP contribution in [0.3, 0.4) is 0 Å². The molecule has 2 aromatic carbocycles. The Labute approximate surface area is 132 Å². The molecule has 0 saturated heterocycles. The molecule has 0 radical (unpaired) electrons. The molecule has 2 rings (SSSR count). The molecule has 0 aromatic heterocycles. The Morgan fingerprint density at radius 2 is 1.74 bits per heavy atom. The summed E-state index contributed by atoms with van der Waals surface area (Å²) in [4.78, 5) is 34.5. The zero-order valence-electron chi connectivity index (χ0n) is 12.7. The molecule has 0 aliphatic rings. The second-order valence-corrected chi connectivity index (χ2v) is 4.76. The van der Waals surface area contributed by atoms with Crippen LogP contribution in [0.15, 0.2) is 36.4 Å². The van der Waals surface area contributed by atoms with Gasteiger partial charge in [0.05, 0.1) is 12.7 Å². The average molecular weight is 316 g/mol. The van der Waals surface area contributed by atoms with Crippen LogP contribution in [0.1, 0.15) is 17.3 Å². The van der Waals surface area contributed by atoms with E-state index in [2.05, 4.69) is 0 Å². The molecule has 7 heteroatoms. The van der Waals surface area contributed by atoms with Crippen LogP contribution in [0.25, 0.3) is 10.8 Å². The number of methoxy groups -OCH3 is 1. The Kier molecular flexibility index (Phi) is 4.80. The summed E-state index contributed by atoms with van der Waals surface area (Å²) < 4.78 is 10.3. The van der Waals surface area contributed by atoms with E-state index in [1.165, 1.54) is 14.0 Å². The van der Waals surface area contributed by atoms with Gasteiger partial charge < -0.3 is 15.2 Å². The maximum absolute atomic E-state index is 12.3. The number of hydrogen-bond donors (Lipinski definition) is 2. The highest BCUT2D eigenvalue weighted by atomic mass is 16.5. The fourth-order valence-electron chi connectivity index (χ4n) is 2.13. The van der Waals surface area contributed by atoms with Crippen molar-refractivity contribution in [1.82, 2.24) is 5.32 Å². The number of imide groups is 1. The molecule has 3 N–H and O–H groups in total. The van der Waals surface area contributed by atoms with Crippen molar-refractivity contribution in [3.8, 4) is 5.75 Å². The van der Waals surface area contributed by atoms with Crippen molar-refractivity contribution >= 4 is 28.7 Å². The molecule has 0 heterocycles. The Bertz CT molecular complexity index is 772. The molecule has 0 spiro atoms. The molecule has 1 atom stereocenters. The maximum atomic E-state index is 12.3. The van der Waals surface area contributed by atoms with Gasteiger partial charge in [0.1, 0.15) is 5.75 Å². The fourth-order valence-corrected chi connectivity index (χ4v) is 2.13. The number of fused-ring (bicyclic) bond motifs is 1. The lowest BCUT2D eigenvalue weighted by Crippen LogP contribution is -2.42. The first kappa shape index (κ1) is 16.3. The van der Waals surface area contributed by atoms with E-state index < -0.39 is 24.0 Å². The lowest BCUT2D eigenvalue weighted by molar-refractivity contribution is -0.127. The van der Waals surface area contributed by atoms with Gasteiger partial charge in [-0.3, -0.25) is 10.1 Å². The Morgan fingerprint density at radius 1 is 1.09 bits per heavy atom. The van der Waals surface area contributed by atoms with Crippen molar-refractivity contribution in [3.05, 3.63) is 42.0 Å². The zero-order valence-corrected chi connectivity index (χ0v) is 12.7. The topological polar surface area (TPSA) is 108 Å². The smallest absolute Gasteiger partial charge is 0.339 e. The van der Waals surface area contributed by atoms with Crippen LogP contribution in [-0.2, 0) is 9.53 Å². The quantitative estimate of drug-likeness (QED) is 0.833. The third-order valence-electron chi connectivity index (χ3n) is 3.22. The number of hydrogen-bond acceptors (Lipinski definition) is 5. The lowest BCUT2D eigenvalue weighted by Gasteiger charge is -2.14. The van der Waals surface area contributed by atoms with Gasteiger partial charge in [-0.05, 0) is 24.4 Å². The number of urea groups is 1. The molecular formula is C16H16N2O5. The van der Waals surface area contributed by atoms with Crippen molar-refractivity contribution in [3.63, 3.8) is 0 Å². The zero-order chi connectivity index (χ0) is 17.0. The number of amides is 3. The highest BCUT2D eigenvalue weighted by molar-refractivity contribution is 6.07. The van der Waals surface area contributed by atoms with Crippen molar-refractivity contribution in [2.24, 2.45) is 5.73 Å². The number of nitrogens with two attached hydrogens (primary N) is 1. The molecule has 120 valence electrons. The number of esters is 1. The van der Waals surface area contributed by atoms with Crippen LogP contribution in [0.4, 0.5) is 4.79 Å². The standard InChI is InChI=1S/C16H16N2O5/c1-9(14(19)18-16(17)21)23-15(20)12-7-8-13(22-2)11-6-4-3-5-10(11)12/h3-9H,1-2H3,(H3,17,18,19,21)/t9-/m1/s1. The van der Waals surface area contributed by atoms with Gasteiger partial charge in [0.15, 0.2) is 6.10 Å². The minimum Gasteiger partial charge on any atom is -0.496 e. The van der Waals surface area contributed by atoms with E-state index >= 15 is 0 Å². The summed E-state index contributed by atoms with van der Waals surface area (Å²) in [6, 6.07) is 9.37. The molecule has 0 unspecified atom stereocenters. The highest BCUT2D eigenvalue weighted by Crippen LogP contribution is 2.28. The summed E-state index contributed by atoms with van der Waals surface area (Å²) in [5.74, 6) is -0.851. The first-order chi connectivity index (χ1) is 10.9. The molecule has 0 aliphatic carbocycles. The minimum absolute atomic E-state index is 0.292. The molecule has 23 heavy (non-hydrogen) atoms. The van der Waals surface area contributed by atoms with Crippen LogP contribution in [0.2, 0.25) is 0 Å². The van der Waals surface area contributed by atoms with Crippen LogP contribution in [-0.4, -0.2) is 31.1 Å². The number of carbonyl (C=O) groups is 3. The van der Waals surface area contributed by atoms with Gasteiger partial charge in [-0.25, -0.2) is 9.59 Å². The Balaban J connectivity index is 2.28. The molecule has 0 aliphatic heterocycles. The Hall–Kier alpha value is -3.09. The molecule has 0 saturated carbocycles. The number of carbonyl (C=O) groups excluding carboxylic acids is 3. The number of benzene rings is 2. The summed E-state index contributed by atoms with van der Waals surface area (Å²) in [5.41, 5.74) is 5.15. The first-order valence-electron chi connectivity index (χ1n) is 6.81. The molecule has 3 amide bonds. The van der Waals surface area contributed by atoms with E-state index in [9.17, 15) is 14.4 Å². The van der Waals surface area contributed by atoms with Crippen molar-refractivity contribution in [1.29, 1.82) is 0 Å². The van der Waals surface area contributed by atoms with Crippen LogP contribution >= 0.6 is 0 Å². The van der Waals surface area contributed by atoms with Crippen molar-refractivity contribution in [2.75, 3.05) is 7.11 Å². The predicted octanol–water partition coefficient (Wildman–Crippen LogP) is 1.59. The van der Waals surface area contributed by atoms with Crippen LogP contribution < -0.4 is 15.8 Å². The average Bonchev–Trinajstić information content (AvgIpc) is 2.52. The summed E-state index contributed by atoms with van der Waals surface area (Å²) in [7, 11) is 1.54. The second kappa shape index (κ2) is 6.78. The van der Waals surface area contributed by atoms with E-state index in [0.29, 0.717) is 16.7 Å². The van der Waals surface area contributed by atoms with E-state index in [1.807, 2.05) is 17.4 Å². The second-order valence-electron chi connectivity index (χ2n) is 4.76. The van der Waals surface area contributed by atoms with E-state index in [0.717, 1.165) is 5.39 Å². The summed E-state index contributed by atoms with van der Waals surface area (Å²) >= 11 is 0. The number of primary amides is 1. The number of nitrogens with one attached hydrogen (secondary N) is 1. The van der Waals surface area contributed by atoms with Gasteiger partial charge in [0.25, 0.3) is 5.91 Å². The summed E-state index contributed by atoms with van der Waals surface area (Å²) in [5, 5.41) is 3.24. The van der Waals surface area contributed by atoms with Gasteiger partial charge >= 0.3 is 12.0 Å². The Morgan fingerprint density at radius 3 is 2.35 bits per heavy atom. The molecule has 7 nitrogen and oxygen atoms in total. The molecular weight excluding hydrogens is 300 g/mol. The van der Waals surface area contributed by atoms with Crippen LogP contribution in [0, 0.1) is 0 Å². The fraction of sp³-hybridized carbons (Fsp3) is 0.188. The monoisotopic (exact) mass is 316 g/mol. The predicted molar refractivity (Wildman–Crippen MR) is 83.1 cm³/mol. The van der Waals surface area contributed by atoms with Gasteiger partial charge in [-0.2, -0.15) is 0 Å². The first-order valence-corrected chi connectivity index (χ1v) is 6.81. The van der Waals surface area contributed by atoms with E-state index in [4.69, 9.17) is 15.2 Å². The number of ether oxygens (including phenoxy) is 2. The van der Waals surface area contributed by atoms with Crippen molar-refractivity contribution in [2.45, 2.75) is 13.0 Å². The maximum Gasteiger partial charge on any atom is 0.339 e. The highest BCUT2D eigenvalue weighted by Gasteiger charge is 2.21. The number of rotatable bonds is 4. The minimum atomic E-state index is -1.16. The van der Waals surface area contributed by atoms with Gasteiger partial charge in [-0.1, -0.05) is 24.3 Å². The third kappa shape index (κ3) is 3.57. The largest absolute Gasteiger partial charge is 0.496 e. The van der Waals surface area contributed by atoms with Crippen molar-refractivity contribution < 1.29 is 23.9 Å². The summed E-state index contributed by atoms with van der Waals surface area (Å²) in [6.45, 7) is 1.35. The lowest BCUT2D eigenvalue weighted by atomic mass is 10.0. The third-order valence-corrected chi connectivity index (χ3v) is 3.22.